The van der Waals surface area contributed by atoms with Crippen LogP contribution in [0.15, 0.2) is 30.3 Å². The van der Waals surface area contributed by atoms with E-state index in [0.29, 0.717) is 18.1 Å². The van der Waals surface area contributed by atoms with E-state index in [1.807, 2.05) is 37.3 Å². The Bertz CT molecular complexity index is 612. The lowest BCUT2D eigenvalue weighted by molar-refractivity contribution is 0.0519. The monoisotopic (exact) mass is 272 g/mol. The molecule has 1 heterocycles. The van der Waals surface area contributed by atoms with Gasteiger partial charge in [-0.25, -0.2) is 4.79 Å². The average Bonchev–Trinajstić information content (AvgIpc) is 2.48. The number of hydrogen-bond acceptors (Lipinski definition) is 5. The van der Waals surface area contributed by atoms with Crippen molar-refractivity contribution in [3.8, 4) is 17.0 Å². The van der Waals surface area contributed by atoms with E-state index < -0.39 is 5.97 Å². The highest BCUT2D eigenvalue weighted by atomic mass is 16.5. The number of nitrogens with zero attached hydrogens (tertiary/aromatic N) is 2. The van der Waals surface area contributed by atoms with Crippen molar-refractivity contribution in [1.82, 2.24) is 10.2 Å². The minimum atomic E-state index is -0.482. The summed E-state index contributed by atoms with van der Waals surface area (Å²) in [6, 6.07) is 9.53. The van der Waals surface area contributed by atoms with Crippen molar-refractivity contribution in [3.63, 3.8) is 0 Å². The third-order valence-corrected chi connectivity index (χ3v) is 2.90. The molecule has 0 bridgehead atoms. The molecular formula is C15H16N2O3. The molecular weight excluding hydrogens is 256 g/mol. The fraction of sp³-hybridized carbons (Fsp3) is 0.267. The predicted octanol–water partition coefficient (Wildman–Crippen LogP) is 2.64. The van der Waals surface area contributed by atoms with Gasteiger partial charge in [-0.1, -0.05) is 30.3 Å². The van der Waals surface area contributed by atoms with Crippen LogP contribution in [0.2, 0.25) is 0 Å². The Morgan fingerprint density at radius 3 is 2.50 bits per heavy atom. The second-order valence-electron chi connectivity index (χ2n) is 4.14. The summed E-state index contributed by atoms with van der Waals surface area (Å²) in [5, 5.41) is 7.87. The Kier molecular flexibility index (Phi) is 4.30. The fourth-order valence-electron chi connectivity index (χ4n) is 2.00. The molecule has 104 valence electrons. The molecule has 0 saturated carbocycles. The minimum absolute atomic E-state index is 0.205. The van der Waals surface area contributed by atoms with Crippen molar-refractivity contribution in [2.45, 2.75) is 13.8 Å². The molecule has 0 saturated heterocycles. The van der Waals surface area contributed by atoms with Crippen LogP contribution in [0.5, 0.6) is 5.88 Å². The summed E-state index contributed by atoms with van der Waals surface area (Å²) < 4.78 is 10.2. The summed E-state index contributed by atoms with van der Waals surface area (Å²) in [6.07, 6.45) is 0. The van der Waals surface area contributed by atoms with Crippen molar-refractivity contribution in [3.05, 3.63) is 41.6 Å². The summed E-state index contributed by atoms with van der Waals surface area (Å²) in [4.78, 5) is 12.0. The lowest BCUT2D eigenvalue weighted by Gasteiger charge is -2.12. The zero-order chi connectivity index (χ0) is 14.5. The maximum absolute atomic E-state index is 12.0. The molecule has 2 rings (SSSR count). The zero-order valence-corrected chi connectivity index (χ0v) is 11.7. The van der Waals surface area contributed by atoms with Gasteiger partial charge >= 0.3 is 5.97 Å². The Hall–Kier alpha value is -2.43. The predicted molar refractivity (Wildman–Crippen MR) is 74.7 cm³/mol. The van der Waals surface area contributed by atoms with Gasteiger partial charge in [-0.2, -0.15) is 0 Å². The number of aromatic nitrogens is 2. The molecule has 0 unspecified atom stereocenters. The molecule has 2 aromatic rings. The molecule has 1 aromatic carbocycles. The fourth-order valence-corrected chi connectivity index (χ4v) is 2.00. The smallest absolute Gasteiger partial charge is 0.359 e. The molecule has 5 nitrogen and oxygen atoms in total. The normalized spacial score (nSPS) is 10.2. The summed E-state index contributed by atoms with van der Waals surface area (Å²) >= 11 is 0. The number of rotatable bonds is 4. The number of carbonyl (C=O) groups excluding carboxylic acids is 1. The van der Waals surface area contributed by atoms with Gasteiger partial charge in [0.1, 0.15) is 0 Å². The molecule has 1 aromatic heterocycles. The van der Waals surface area contributed by atoms with Crippen LogP contribution in [0.4, 0.5) is 0 Å². The topological polar surface area (TPSA) is 61.3 Å². The van der Waals surface area contributed by atoms with Crippen LogP contribution in [0.25, 0.3) is 11.1 Å². The van der Waals surface area contributed by atoms with Crippen LogP contribution in [0, 0.1) is 6.92 Å². The first kappa shape index (κ1) is 14.0. The molecule has 0 fully saturated rings. The SMILES string of the molecule is CCOC(=O)c1nnc(OC)c(C)c1-c1ccccc1. The highest BCUT2D eigenvalue weighted by Crippen LogP contribution is 2.30. The average molecular weight is 272 g/mol. The molecule has 0 amide bonds. The third-order valence-electron chi connectivity index (χ3n) is 2.90. The molecule has 0 spiro atoms. The van der Waals surface area contributed by atoms with Gasteiger partial charge in [0.2, 0.25) is 5.88 Å². The van der Waals surface area contributed by atoms with Gasteiger partial charge in [-0.05, 0) is 19.4 Å². The molecule has 0 radical (unpaired) electrons. The summed E-state index contributed by atoms with van der Waals surface area (Å²) in [6.45, 7) is 3.89. The third kappa shape index (κ3) is 2.61. The van der Waals surface area contributed by atoms with Crippen LogP contribution < -0.4 is 4.74 Å². The zero-order valence-electron chi connectivity index (χ0n) is 11.7. The molecule has 0 aliphatic heterocycles. The highest BCUT2D eigenvalue weighted by Gasteiger charge is 2.21. The van der Waals surface area contributed by atoms with Crippen molar-refractivity contribution >= 4 is 5.97 Å². The first-order valence-electron chi connectivity index (χ1n) is 6.32. The Labute approximate surface area is 117 Å². The van der Waals surface area contributed by atoms with E-state index in [1.165, 1.54) is 7.11 Å². The van der Waals surface area contributed by atoms with E-state index in [2.05, 4.69) is 10.2 Å². The Balaban J connectivity index is 2.64. The van der Waals surface area contributed by atoms with Crippen molar-refractivity contribution < 1.29 is 14.3 Å². The lowest BCUT2D eigenvalue weighted by Crippen LogP contribution is -2.12. The molecule has 0 aliphatic rings. The van der Waals surface area contributed by atoms with E-state index in [9.17, 15) is 4.79 Å². The van der Waals surface area contributed by atoms with E-state index in [1.54, 1.807) is 6.92 Å². The standard InChI is InChI=1S/C15H16N2O3/c1-4-20-15(18)13-12(11-8-6-5-7-9-11)10(2)14(19-3)17-16-13/h5-9H,4H2,1-3H3. The molecule has 0 N–H and O–H groups in total. The van der Waals surface area contributed by atoms with Gasteiger partial charge in [0.05, 0.1) is 13.7 Å². The van der Waals surface area contributed by atoms with Gasteiger partial charge in [-0.15, -0.1) is 10.2 Å². The maximum atomic E-state index is 12.0. The van der Waals surface area contributed by atoms with Crippen LogP contribution in [-0.2, 0) is 4.74 Å². The summed E-state index contributed by atoms with van der Waals surface area (Å²) in [7, 11) is 1.52. The summed E-state index contributed by atoms with van der Waals surface area (Å²) in [5.41, 5.74) is 2.53. The maximum Gasteiger partial charge on any atom is 0.359 e. The molecule has 5 heteroatoms. The van der Waals surface area contributed by atoms with Gasteiger partial charge in [0.15, 0.2) is 5.69 Å². The van der Waals surface area contributed by atoms with Crippen LogP contribution >= 0.6 is 0 Å². The van der Waals surface area contributed by atoms with E-state index in [-0.39, 0.29) is 5.69 Å². The number of benzene rings is 1. The van der Waals surface area contributed by atoms with Crippen LogP contribution in [0.1, 0.15) is 23.0 Å². The second-order valence-corrected chi connectivity index (χ2v) is 4.14. The van der Waals surface area contributed by atoms with Crippen molar-refractivity contribution in [2.75, 3.05) is 13.7 Å². The quantitative estimate of drug-likeness (QED) is 0.801. The van der Waals surface area contributed by atoms with Crippen LogP contribution in [-0.4, -0.2) is 29.9 Å². The van der Waals surface area contributed by atoms with Gasteiger partial charge < -0.3 is 9.47 Å². The van der Waals surface area contributed by atoms with Crippen molar-refractivity contribution in [1.29, 1.82) is 0 Å². The van der Waals surface area contributed by atoms with Gasteiger partial charge in [0, 0.05) is 11.1 Å². The largest absolute Gasteiger partial charge is 0.480 e. The van der Waals surface area contributed by atoms with E-state index >= 15 is 0 Å². The molecule has 0 aliphatic carbocycles. The number of esters is 1. The molecule has 20 heavy (non-hydrogen) atoms. The number of methoxy groups -OCH3 is 1. The minimum Gasteiger partial charge on any atom is -0.480 e. The van der Waals surface area contributed by atoms with E-state index in [4.69, 9.17) is 9.47 Å². The number of carbonyl (C=O) groups is 1. The molecule has 0 atom stereocenters. The van der Waals surface area contributed by atoms with Crippen LogP contribution in [0.3, 0.4) is 0 Å². The van der Waals surface area contributed by atoms with Gasteiger partial charge in [-0.3, -0.25) is 0 Å². The first-order valence-corrected chi connectivity index (χ1v) is 6.32. The number of ether oxygens (including phenoxy) is 2. The Morgan fingerprint density at radius 2 is 1.90 bits per heavy atom. The summed E-state index contributed by atoms with van der Waals surface area (Å²) in [5.74, 6) is -0.0819. The second kappa shape index (κ2) is 6.14. The Morgan fingerprint density at radius 1 is 1.20 bits per heavy atom. The lowest BCUT2D eigenvalue weighted by atomic mass is 10.00. The van der Waals surface area contributed by atoms with Gasteiger partial charge in [0.25, 0.3) is 0 Å². The highest BCUT2D eigenvalue weighted by molar-refractivity contribution is 5.96. The van der Waals surface area contributed by atoms with E-state index in [0.717, 1.165) is 11.1 Å². The van der Waals surface area contributed by atoms with Crippen molar-refractivity contribution in [2.24, 2.45) is 0 Å². The number of hydrogen-bond donors (Lipinski definition) is 0. The first-order chi connectivity index (χ1) is 9.69.